The molecule has 0 spiro atoms. The van der Waals surface area contributed by atoms with Gasteiger partial charge >= 0.3 is 0 Å². The maximum Gasteiger partial charge on any atom is 0.0195 e. The van der Waals surface area contributed by atoms with Crippen molar-refractivity contribution in [2.75, 3.05) is 25.8 Å². The number of nitrogens with zero attached hydrogens (tertiary/aromatic N) is 1. The molecule has 0 radical (unpaired) electrons. The second-order valence-corrected chi connectivity index (χ2v) is 5.47. The predicted molar refractivity (Wildman–Crippen MR) is 84.8 cm³/mol. The van der Waals surface area contributed by atoms with Crippen molar-refractivity contribution in [2.45, 2.75) is 39.0 Å². The van der Waals surface area contributed by atoms with Crippen LogP contribution in [0.1, 0.15) is 39.0 Å². The average Bonchev–Trinajstić information content (AvgIpc) is 2.43. The highest BCUT2D eigenvalue weighted by Crippen LogP contribution is 2.13. The Hall–Kier alpha value is -0.570. The van der Waals surface area contributed by atoms with Crippen LogP contribution in [0, 0.1) is 12.3 Å². The Bertz CT molecular complexity index is 329. The zero-order valence-electron chi connectivity index (χ0n) is 11.6. The molecule has 0 N–H and O–H groups in total. The van der Waals surface area contributed by atoms with Crippen LogP contribution in [0.15, 0.2) is 23.3 Å². The van der Waals surface area contributed by atoms with Gasteiger partial charge in [-0.15, -0.1) is 15.7 Å². The van der Waals surface area contributed by atoms with Gasteiger partial charge in [-0.25, -0.2) is 0 Å². The van der Waals surface area contributed by atoms with E-state index in [9.17, 15) is 0 Å². The molecule has 1 aliphatic rings. The van der Waals surface area contributed by atoms with Crippen molar-refractivity contribution < 1.29 is 0 Å². The summed E-state index contributed by atoms with van der Waals surface area (Å²) in [5.74, 6) is 2.78. The van der Waals surface area contributed by atoms with E-state index in [4.69, 9.17) is 6.42 Å². The van der Waals surface area contributed by atoms with Gasteiger partial charge < -0.3 is 0 Å². The number of rotatable bonds is 6. The minimum absolute atomic E-state index is 0.984. The third-order valence-corrected chi connectivity index (χ3v) is 3.74. The molecule has 18 heavy (non-hydrogen) atoms. The van der Waals surface area contributed by atoms with Crippen LogP contribution >= 0.6 is 9.24 Å². The summed E-state index contributed by atoms with van der Waals surface area (Å²) < 4.78 is 0. The predicted octanol–water partition coefficient (Wildman–Crippen LogP) is 3.63. The number of hydrogen-bond donors (Lipinski definition) is 0. The fraction of sp³-hybridized carbons (Fsp3) is 0.625. The Labute approximate surface area is 115 Å². The van der Waals surface area contributed by atoms with Gasteiger partial charge in [-0.05, 0) is 44.9 Å². The first-order valence-electron chi connectivity index (χ1n) is 7.07. The van der Waals surface area contributed by atoms with Gasteiger partial charge in [0.25, 0.3) is 0 Å². The minimum atomic E-state index is 0.984. The van der Waals surface area contributed by atoms with Crippen molar-refractivity contribution >= 4 is 9.24 Å². The Morgan fingerprint density at radius 2 is 2.00 bits per heavy atom. The van der Waals surface area contributed by atoms with Gasteiger partial charge in [0.05, 0.1) is 0 Å². The molecule has 0 amide bonds. The molecule has 0 bridgehead atoms. The molecule has 2 heteroatoms. The third-order valence-electron chi connectivity index (χ3n) is 3.45. The highest BCUT2D eigenvalue weighted by Gasteiger charge is 2.10. The van der Waals surface area contributed by atoms with Gasteiger partial charge in [0.1, 0.15) is 0 Å². The lowest BCUT2D eigenvalue weighted by molar-refractivity contribution is 0.245. The summed E-state index contributed by atoms with van der Waals surface area (Å²) in [6, 6.07) is 0. The molecule has 1 saturated heterocycles. The highest BCUT2D eigenvalue weighted by atomic mass is 31.0. The van der Waals surface area contributed by atoms with Crippen LogP contribution in [0.2, 0.25) is 0 Å². The van der Waals surface area contributed by atoms with E-state index in [2.05, 4.69) is 39.1 Å². The molecule has 0 aliphatic carbocycles. The Morgan fingerprint density at radius 1 is 1.28 bits per heavy atom. The molecule has 1 unspecified atom stereocenters. The van der Waals surface area contributed by atoms with Crippen molar-refractivity contribution in [3.63, 3.8) is 0 Å². The summed E-state index contributed by atoms with van der Waals surface area (Å²) in [4.78, 5) is 2.57. The van der Waals surface area contributed by atoms with Crippen LogP contribution in [0.5, 0.6) is 0 Å². The number of terminal acetylenes is 1. The van der Waals surface area contributed by atoms with Gasteiger partial charge in [0, 0.05) is 12.1 Å². The van der Waals surface area contributed by atoms with Crippen LogP contribution in [0.3, 0.4) is 0 Å². The lowest BCUT2D eigenvalue weighted by Crippen LogP contribution is -2.31. The highest BCUT2D eigenvalue weighted by molar-refractivity contribution is 7.16. The van der Waals surface area contributed by atoms with Crippen LogP contribution in [-0.2, 0) is 0 Å². The van der Waals surface area contributed by atoms with Crippen molar-refractivity contribution in [1.82, 2.24) is 4.90 Å². The van der Waals surface area contributed by atoms with Crippen molar-refractivity contribution in [3.8, 4) is 12.3 Å². The molecule has 0 aromatic rings. The zero-order valence-corrected chi connectivity index (χ0v) is 12.8. The van der Waals surface area contributed by atoms with E-state index in [0.29, 0.717) is 0 Å². The Balaban J connectivity index is 2.55. The maximum atomic E-state index is 5.50. The van der Waals surface area contributed by atoms with E-state index in [-0.39, 0.29) is 0 Å². The van der Waals surface area contributed by atoms with Crippen LogP contribution < -0.4 is 0 Å². The fourth-order valence-corrected chi connectivity index (χ4v) is 2.58. The lowest BCUT2D eigenvalue weighted by Gasteiger charge is -2.27. The van der Waals surface area contributed by atoms with E-state index in [1.807, 2.05) is 0 Å². The molecule has 1 aliphatic heterocycles. The standard InChI is InChI=1S/C16H26NP/c1-3-15(10-13-18)8-9-16(4-2)14-17-11-6-5-7-12-17/h1,8-9H,4-7,10-14,18H2,2H3/b15-8+,16-9+. The largest absolute Gasteiger partial charge is 0.299 e. The van der Waals surface area contributed by atoms with E-state index in [1.54, 1.807) is 0 Å². The van der Waals surface area contributed by atoms with Crippen LogP contribution in [0.25, 0.3) is 0 Å². The van der Waals surface area contributed by atoms with E-state index >= 15 is 0 Å². The number of likely N-dealkylation sites (tertiary alicyclic amines) is 1. The molecular formula is C16H26NP. The molecule has 1 fully saturated rings. The average molecular weight is 263 g/mol. The smallest absolute Gasteiger partial charge is 0.0195 e. The van der Waals surface area contributed by atoms with Crippen molar-refractivity contribution in [3.05, 3.63) is 23.3 Å². The summed E-state index contributed by atoms with van der Waals surface area (Å²) in [6.45, 7) is 5.86. The molecule has 1 heterocycles. The van der Waals surface area contributed by atoms with Gasteiger partial charge in [-0.3, -0.25) is 4.90 Å². The fourth-order valence-electron chi connectivity index (χ4n) is 2.26. The Kier molecular flexibility index (Phi) is 8.06. The first-order chi connectivity index (χ1) is 8.80. The zero-order chi connectivity index (χ0) is 13.2. The first-order valence-corrected chi connectivity index (χ1v) is 7.89. The second-order valence-electron chi connectivity index (χ2n) is 4.89. The van der Waals surface area contributed by atoms with Gasteiger partial charge in [-0.2, -0.15) is 0 Å². The third kappa shape index (κ3) is 5.85. The van der Waals surface area contributed by atoms with Gasteiger partial charge in [0.15, 0.2) is 0 Å². The van der Waals surface area contributed by atoms with Gasteiger partial charge in [0.2, 0.25) is 0 Å². The van der Waals surface area contributed by atoms with Gasteiger partial charge in [-0.1, -0.05) is 37.0 Å². The SMILES string of the molecule is C#C/C(=C\C=C(/CC)CN1CCCCC1)CCP. The number of hydrogen-bond acceptors (Lipinski definition) is 1. The minimum Gasteiger partial charge on any atom is -0.299 e. The lowest BCUT2D eigenvalue weighted by atomic mass is 10.1. The summed E-state index contributed by atoms with van der Waals surface area (Å²) in [5.41, 5.74) is 2.60. The molecule has 1 nitrogen and oxygen atoms in total. The maximum absolute atomic E-state index is 5.50. The summed E-state index contributed by atoms with van der Waals surface area (Å²) in [6.07, 6.45) is 17.1. The number of allylic oxidation sites excluding steroid dienone is 3. The molecule has 1 atom stereocenters. The Morgan fingerprint density at radius 3 is 2.56 bits per heavy atom. The van der Waals surface area contributed by atoms with Crippen LogP contribution in [-0.4, -0.2) is 30.7 Å². The van der Waals surface area contributed by atoms with E-state index in [0.717, 1.165) is 31.1 Å². The molecule has 0 aromatic carbocycles. The second kappa shape index (κ2) is 9.37. The summed E-state index contributed by atoms with van der Waals surface area (Å²) in [5, 5.41) is 0. The molecule has 100 valence electrons. The monoisotopic (exact) mass is 263 g/mol. The topological polar surface area (TPSA) is 3.24 Å². The molecule has 1 rings (SSSR count). The first kappa shape index (κ1) is 15.5. The summed E-state index contributed by atoms with van der Waals surface area (Å²) in [7, 11) is 2.73. The van der Waals surface area contributed by atoms with Crippen molar-refractivity contribution in [2.24, 2.45) is 0 Å². The number of piperidine rings is 1. The molecule has 0 saturated carbocycles. The van der Waals surface area contributed by atoms with Crippen LogP contribution in [0.4, 0.5) is 0 Å². The normalized spacial score (nSPS) is 18.7. The van der Waals surface area contributed by atoms with E-state index in [1.165, 1.54) is 37.9 Å². The molecular weight excluding hydrogens is 237 g/mol. The van der Waals surface area contributed by atoms with E-state index < -0.39 is 0 Å². The molecule has 0 aromatic heterocycles. The summed E-state index contributed by atoms with van der Waals surface area (Å²) >= 11 is 0. The van der Waals surface area contributed by atoms with Crippen molar-refractivity contribution in [1.29, 1.82) is 0 Å². The quantitative estimate of drug-likeness (QED) is 0.402.